The van der Waals surface area contributed by atoms with Gasteiger partial charge in [-0.1, -0.05) is 18.2 Å². The number of pyridine rings is 1. The van der Waals surface area contributed by atoms with Crippen LogP contribution in [0.25, 0.3) is 32.9 Å². The second kappa shape index (κ2) is 8.33. The molecule has 0 fully saturated rings. The molecule has 4 heterocycles. The maximum Gasteiger partial charge on any atom is 0.261 e. The number of fused-ring (bicyclic) bond motifs is 2. The first kappa shape index (κ1) is 21.0. The van der Waals surface area contributed by atoms with Gasteiger partial charge in [-0.05, 0) is 49.4 Å². The van der Waals surface area contributed by atoms with Crippen molar-refractivity contribution in [1.29, 1.82) is 0 Å². The molecule has 0 spiro atoms. The van der Waals surface area contributed by atoms with Crippen molar-refractivity contribution in [2.45, 2.75) is 6.92 Å². The van der Waals surface area contributed by atoms with Crippen LogP contribution in [0.3, 0.4) is 0 Å². The van der Waals surface area contributed by atoms with Gasteiger partial charge in [-0.2, -0.15) is 10.1 Å². The average Bonchev–Trinajstić information content (AvgIpc) is 3.58. The van der Waals surface area contributed by atoms with Gasteiger partial charge in [0.15, 0.2) is 5.82 Å². The Bertz CT molecular complexity index is 1700. The summed E-state index contributed by atoms with van der Waals surface area (Å²) in [5, 5.41) is 14.7. The number of ether oxygens (including phenoxy) is 1. The third kappa shape index (κ3) is 3.69. The molecule has 10 heteroatoms. The molecule has 0 atom stereocenters. The molecule has 1 N–H and O–H groups in total. The molecule has 0 aliphatic heterocycles. The number of anilines is 1. The third-order valence-corrected chi connectivity index (χ3v) is 6.56. The highest BCUT2D eigenvalue weighted by Crippen LogP contribution is 2.27. The number of amides is 1. The molecule has 0 aliphatic carbocycles. The number of hydrogen-bond donors (Lipinski definition) is 1. The summed E-state index contributed by atoms with van der Waals surface area (Å²) in [6.45, 7) is 1.83. The zero-order valence-electron chi connectivity index (χ0n) is 18.8. The average molecular weight is 482 g/mol. The molecule has 0 radical (unpaired) electrons. The SMILES string of the molecule is COc1ccc(-c2csc3nc(NC(=O)c4cnn(-c5ccc6ccccc6n5)c4C)nn23)cc1. The minimum atomic E-state index is -0.334. The smallest absolute Gasteiger partial charge is 0.261 e. The predicted octanol–water partition coefficient (Wildman–Crippen LogP) is 4.76. The van der Waals surface area contributed by atoms with Gasteiger partial charge in [0.05, 0.1) is 35.8 Å². The van der Waals surface area contributed by atoms with Gasteiger partial charge in [0.25, 0.3) is 11.9 Å². The van der Waals surface area contributed by atoms with E-state index in [0.29, 0.717) is 22.0 Å². The van der Waals surface area contributed by atoms with Gasteiger partial charge < -0.3 is 4.74 Å². The van der Waals surface area contributed by atoms with Crippen molar-refractivity contribution < 1.29 is 9.53 Å². The molecule has 1 amide bonds. The molecule has 0 unspecified atom stereocenters. The lowest BCUT2D eigenvalue weighted by atomic mass is 10.2. The molecule has 0 bridgehead atoms. The van der Waals surface area contributed by atoms with Gasteiger partial charge in [0, 0.05) is 16.3 Å². The molecule has 2 aromatic carbocycles. The van der Waals surface area contributed by atoms with E-state index in [1.165, 1.54) is 17.5 Å². The molecular formula is C25H19N7O2S. The molecule has 6 rings (SSSR count). The van der Waals surface area contributed by atoms with E-state index < -0.39 is 0 Å². The number of thiazole rings is 1. The number of nitrogens with zero attached hydrogens (tertiary/aromatic N) is 6. The lowest BCUT2D eigenvalue weighted by molar-refractivity contribution is 0.102. The monoisotopic (exact) mass is 481 g/mol. The number of nitrogens with one attached hydrogen (secondary N) is 1. The van der Waals surface area contributed by atoms with E-state index >= 15 is 0 Å². The fraction of sp³-hybridized carbons (Fsp3) is 0.0800. The molecule has 9 nitrogen and oxygen atoms in total. The van der Waals surface area contributed by atoms with E-state index in [2.05, 4.69) is 25.5 Å². The second-order valence-corrected chi connectivity index (χ2v) is 8.69. The van der Waals surface area contributed by atoms with Crippen molar-refractivity contribution in [2.75, 3.05) is 12.4 Å². The number of para-hydroxylation sites is 1. The Labute approximate surface area is 203 Å². The van der Waals surface area contributed by atoms with Crippen molar-refractivity contribution >= 4 is 39.1 Å². The van der Waals surface area contributed by atoms with Gasteiger partial charge >= 0.3 is 0 Å². The number of methoxy groups -OCH3 is 1. The highest BCUT2D eigenvalue weighted by atomic mass is 32.1. The highest BCUT2D eigenvalue weighted by molar-refractivity contribution is 7.15. The number of carbonyl (C=O) groups excluding carboxylic acids is 1. The minimum absolute atomic E-state index is 0.229. The van der Waals surface area contributed by atoms with Crippen LogP contribution < -0.4 is 10.1 Å². The summed E-state index contributed by atoms with van der Waals surface area (Å²) in [4.78, 5) is 22.8. The molecular weight excluding hydrogens is 462 g/mol. The van der Waals surface area contributed by atoms with Gasteiger partial charge in [-0.3, -0.25) is 10.1 Å². The Morgan fingerprint density at radius 1 is 1.03 bits per heavy atom. The molecule has 172 valence electrons. The summed E-state index contributed by atoms with van der Waals surface area (Å²) in [5.74, 6) is 1.32. The van der Waals surface area contributed by atoms with Crippen molar-refractivity contribution in [3.63, 3.8) is 0 Å². The van der Waals surface area contributed by atoms with Crippen LogP contribution >= 0.6 is 11.3 Å². The van der Waals surface area contributed by atoms with Crippen LogP contribution in [0.1, 0.15) is 16.1 Å². The number of rotatable bonds is 5. The van der Waals surface area contributed by atoms with E-state index in [1.807, 2.05) is 73.0 Å². The van der Waals surface area contributed by atoms with E-state index in [9.17, 15) is 4.79 Å². The predicted molar refractivity (Wildman–Crippen MR) is 134 cm³/mol. The number of benzene rings is 2. The largest absolute Gasteiger partial charge is 0.497 e. The minimum Gasteiger partial charge on any atom is -0.497 e. The fourth-order valence-corrected chi connectivity index (χ4v) is 4.73. The summed E-state index contributed by atoms with van der Waals surface area (Å²) < 4.78 is 8.61. The van der Waals surface area contributed by atoms with Crippen molar-refractivity contribution in [3.8, 4) is 22.8 Å². The van der Waals surface area contributed by atoms with E-state index in [4.69, 9.17) is 4.74 Å². The highest BCUT2D eigenvalue weighted by Gasteiger charge is 2.19. The topological polar surface area (TPSA) is 99.2 Å². The van der Waals surface area contributed by atoms with Gasteiger partial charge in [-0.15, -0.1) is 16.4 Å². The van der Waals surface area contributed by atoms with Crippen LogP contribution in [0.2, 0.25) is 0 Å². The van der Waals surface area contributed by atoms with Gasteiger partial charge in [-0.25, -0.2) is 14.2 Å². The summed E-state index contributed by atoms with van der Waals surface area (Å²) in [5.41, 5.74) is 3.81. The van der Waals surface area contributed by atoms with Crippen LogP contribution in [-0.4, -0.2) is 42.4 Å². The first-order chi connectivity index (χ1) is 17.1. The number of aromatic nitrogens is 6. The summed E-state index contributed by atoms with van der Waals surface area (Å²) >= 11 is 1.45. The lowest BCUT2D eigenvalue weighted by Crippen LogP contribution is -2.14. The van der Waals surface area contributed by atoms with Crippen molar-refractivity contribution in [2.24, 2.45) is 0 Å². The van der Waals surface area contributed by atoms with E-state index in [-0.39, 0.29) is 11.9 Å². The standard InChI is InChI=1S/C25H19N7O2S/c1-15-19(13-26-31(15)22-12-9-16-5-3-4-6-20(16)27-22)23(33)28-24-29-25-32(30-24)21(14-35-25)17-7-10-18(34-2)11-8-17/h3-14H,1-2H3,(H,28,30,33). The number of hydrogen-bond acceptors (Lipinski definition) is 7. The van der Waals surface area contributed by atoms with Crippen LogP contribution in [0.5, 0.6) is 5.75 Å². The van der Waals surface area contributed by atoms with Crippen LogP contribution in [0, 0.1) is 6.92 Å². The Morgan fingerprint density at radius 2 is 1.86 bits per heavy atom. The van der Waals surface area contributed by atoms with Crippen molar-refractivity contribution in [3.05, 3.63) is 83.5 Å². The zero-order chi connectivity index (χ0) is 23.9. The third-order valence-electron chi connectivity index (χ3n) is 5.75. The Morgan fingerprint density at radius 3 is 2.69 bits per heavy atom. The summed E-state index contributed by atoms with van der Waals surface area (Å²) in [7, 11) is 1.63. The van der Waals surface area contributed by atoms with Crippen LogP contribution in [0.15, 0.2) is 72.2 Å². The summed E-state index contributed by atoms with van der Waals surface area (Å²) in [6, 6.07) is 19.4. The number of carbonyl (C=O) groups is 1. The Hall–Kier alpha value is -4.57. The molecule has 0 saturated heterocycles. The van der Waals surface area contributed by atoms with Gasteiger partial charge in [0.2, 0.25) is 4.96 Å². The molecule has 6 aromatic rings. The molecule has 0 aliphatic rings. The quantitative estimate of drug-likeness (QED) is 0.381. The van der Waals surface area contributed by atoms with Crippen LogP contribution in [-0.2, 0) is 0 Å². The van der Waals surface area contributed by atoms with Gasteiger partial charge in [0.1, 0.15) is 5.75 Å². The normalized spacial score (nSPS) is 11.3. The first-order valence-corrected chi connectivity index (χ1v) is 11.7. The maximum atomic E-state index is 13.0. The lowest BCUT2D eigenvalue weighted by Gasteiger charge is -2.06. The Balaban J connectivity index is 1.26. The van der Waals surface area contributed by atoms with E-state index in [1.54, 1.807) is 16.3 Å². The van der Waals surface area contributed by atoms with Crippen molar-refractivity contribution in [1.82, 2.24) is 29.4 Å². The van der Waals surface area contributed by atoms with Crippen LogP contribution in [0.4, 0.5) is 5.95 Å². The molecule has 35 heavy (non-hydrogen) atoms. The first-order valence-electron chi connectivity index (χ1n) is 10.8. The fourth-order valence-electron chi connectivity index (χ4n) is 3.90. The molecule has 4 aromatic heterocycles. The zero-order valence-corrected chi connectivity index (χ0v) is 19.7. The maximum absolute atomic E-state index is 13.0. The van der Waals surface area contributed by atoms with E-state index in [0.717, 1.165) is 27.9 Å². The molecule has 0 saturated carbocycles. The Kier molecular flexibility index (Phi) is 5.00. The summed E-state index contributed by atoms with van der Waals surface area (Å²) in [6.07, 6.45) is 1.53. The second-order valence-electron chi connectivity index (χ2n) is 7.85.